The summed E-state index contributed by atoms with van der Waals surface area (Å²) in [5.41, 5.74) is 25.8. The Morgan fingerprint density at radius 3 is 1.89 bits per heavy atom. The monoisotopic (exact) mass is 601 g/mol. The average Bonchev–Trinajstić information content (AvgIpc) is 3.60. The Kier molecular flexibility index (Phi) is 10.7. The number of rotatable bonds is 6. The van der Waals surface area contributed by atoms with Crippen molar-refractivity contribution in [2.75, 3.05) is 0 Å². The van der Waals surface area contributed by atoms with Crippen molar-refractivity contribution in [2.45, 2.75) is 59.7 Å². The van der Waals surface area contributed by atoms with Crippen LogP contribution >= 0.6 is 0 Å². The molecule has 5 heterocycles. The lowest BCUT2D eigenvalue weighted by atomic mass is 10.4. The molecule has 0 aliphatic rings. The minimum absolute atomic E-state index is 0.0533. The van der Waals surface area contributed by atoms with Gasteiger partial charge in [0.2, 0.25) is 0 Å². The van der Waals surface area contributed by atoms with E-state index in [-0.39, 0.29) is 41.2 Å². The highest BCUT2D eigenvalue weighted by Crippen LogP contribution is 2.22. The number of azide groups is 3. The van der Waals surface area contributed by atoms with E-state index in [9.17, 15) is 9.59 Å². The summed E-state index contributed by atoms with van der Waals surface area (Å²) in [4.78, 5) is 56.6. The molecule has 21 nitrogen and oxygen atoms in total. The minimum Gasteiger partial charge on any atom is -0.313 e. The van der Waals surface area contributed by atoms with Gasteiger partial charge in [0.05, 0.1) is 12.7 Å². The van der Waals surface area contributed by atoms with Crippen LogP contribution in [0.1, 0.15) is 59.7 Å². The van der Waals surface area contributed by atoms with E-state index in [2.05, 4.69) is 65.0 Å². The summed E-state index contributed by atoms with van der Waals surface area (Å²) < 4.78 is 5.09. The van der Waals surface area contributed by atoms with Crippen LogP contribution in [0.5, 0.6) is 0 Å². The van der Waals surface area contributed by atoms with Gasteiger partial charge in [0.25, 0.3) is 5.56 Å². The second-order valence-corrected chi connectivity index (χ2v) is 9.56. The zero-order chi connectivity index (χ0) is 32.4. The maximum Gasteiger partial charge on any atom is 0.348 e. The molecule has 0 atom stereocenters. The van der Waals surface area contributed by atoms with E-state index in [1.54, 1.807) is 17.1 Å². The number of aromatic nitrogens is 10. The van der Waals surface area contributed by atoms with Gasteiger partial charge in [0.1, 0.15) is 17.7 Å². The molecule has 0 unspecified atom stereocenters. The molecule has 0 saturated heterocycles. The van der Waals surface area contributed by atoms with Crippen LogP contribution in [0.15, 0.2) is 56.2 Å². The smallest absolute Gasteiger partial charge is 0.313 e. The van der Waals surface area contributed by atoms with Crippen molar-refractivity contribution in [3.05, 3.63) is 83.4 Å². The molecule has 226 valence electrons. The quantitative estimate of drug-likeness (QED) is 0.141. The van der Waals surface area contributed by atoms with Gasteiger partial charge in [-0.3, -0.25) is 9.36 Å². The highest BCUT2D eigenvalue weighted by molar-refractivity contribution is 5.80. The topological polar surface area (TPSA) is 288 Å². The first-order chi connectivity index (χ1) is 21.0. The normalized spacial score (nSPS) is 10.4. The van der Waals surface area contributed by atoms with E-state index in [0.717, 1.165) is 0 Å². The third kappa shape index (κ3) is 7.51. The first kappa shape index (κ1) is 32.2. The Bertz CT molecular complexity index is 2030. The molecular formula is C23H27N19O2. The number of aromatic amines is 1. The molecule has 0 bridgehead atoms. The van der Waals surface area contributed by atoms with Crippen molar-refractivity contribution >= 4 is 39.9 Å². The molecule has 21 heteroatoms. The van der Waals surface area contributed by atoms with Crippen LogP contribution in [0.3, 0.4) is 0 Å². The maximum absolute atomic E-state index is 11.6. The third-order valence-corrected chi connectivity index (χ3v) is 5.67. The highest BCUT2D eigenvalue weighted by Gasteiger charge is 2.12. The Balaban J connectivity index is 0.000000181. The van der Waals surface area contributed by atoms with Gasteiger partial charge in [-0.1, -0.05) is 0 Å². The third-order valence-electron chi connectivity index (χ3n) is 5.67. The largest absolute Gasteiger partial charge is 0.348 e. The molecule has 44 heavy (non-hydrogen) atoms. The number of imidazole rings is 2. The Morgan fingerprint density at radius 2 is 1.32 bits per heavy atom. The fraction of sp³-hybridized carbons (Fsp3) is 0.391. The lowest BCUT2D eigenvalue weighted by Crippen LogP contribution is -2.23. The molecule has 0 amide bonds. The van der Waals surface area contributed by atoms with Crippen molar-refractivity contribution in [3.63, 3.8) is 0 Å². The standard InChI is InChI=1S/C8H9N7O.C8H9N7.C7H9N5O/c1-4(2)15-3-10-5-6(15)11-8(13-14-9)12-7(5)16;1-5(2)15-4-12-6-7(13-14-9)10-3-11-8(6)15;1-5(2)12-4-3-6(10-11-8)9-7(12)13/h3-4H,1-2H3,(H,11,12,16);3-5H,1-2H3;3-5H,1-2H3. The zero-order valence-corrected chi connectivity index (χ0v) is 24.5. The number of H-pyrrole nitrogens is 1. The van der Waals surface area contributed by atoms with E-state index < -0.39 is 11.2 Å². The van der Waals surface area contributed by atoms with Crippen LogP contribution in [-0.4, -0.2) is 48.6 Å². The van der Waals surface area contributed by atoms with Gasteiger partial charge >= 0.3 is 5.69 Å². The number of nitrogens with one attached hydrogen (secondary N) is 1. The Labute approximate surface area is 247 Å². The summed E-state index contributed by atoms with van der Waals surface area (Å²) in [5, 5.41) is 9.96. The predicted octanol–water partition coefficient (Wildman–Crippen LogP) is 5.76. The lowest BCUT2D eigenvalue weighted by Gasteiger charge is -2.07. The van der Waals surface area contributed by atoms with Crippen molar-refractivity contribution < 1.29 is 0 Å². The van der Waals surface area contributed by atoms with Crippen LogP contribution in [-0.2, 0) is 0 Å². The molecule has 5 rings (SSSR count). The van der Waals surface area contributed by atoms with Crippen LogP contribution in [0.2, 0.25) is 0 Å². The molecule has 0 fully saturated rings. The van der Waals surface area contributed by atoms with Gasteiger partial charge in [0, 0.05) is 39.1 Å². The number of hydrogen-bond acceptors (Lipinski definition) is 11. The van der Waals surface area contributed by atoms with Crippen molar-refractivity contribution in [2.24, 2.45) is 15.3 Å². The van der Waals surface area contributed by atoms with E-state index in [0.29, 0.717) is 16.8 Å². The molecule has 0 aliphatic carbocycles. The van der Waals surface area contributed by atoms with Crippen LogP contribution in [0.25, 0.3) is 53.7 Å². The summed E-state index contributed by atoms with van der Waals surface area (Å²) in [6.45, 7) is 11.7. The summed E-state index contributed by atoms with van der Waals surface area (Å²) in [7, 11) is 0. The van der Waals surface area contributed by atoms with Crippen LogP contribution in [0.4, 0.5) is 17.6 Å². The first-order valence-electron chi connectivity index (χ1n) is 12.9. The number of fused-ring (bicyclic) bond motifs is 2. The second-order valence-electron chi connectivity index (χ2n) is 9.56. The Hall–Kier alpha value is -6.29. The molecular weight excluding hydrogens is 574 g/mol. The molecule has 5 aromatic rings. The van der Waals surface area contributed by atoms with Gasteiger partial charge in [0.15, 0.2) is 28.6 Å². The predicted molar refractivity (Wildman–Crippen MR) is 160 cm³/mol. The fourth-order valence-electron chi connectivity index (χ4n) is 3.61. The molecule has 0 saturated carbocycles. The van der Waals surface area contributed by atoms with Crippen LogP contribution in [0, 0.1) is 0 Å². The van der Waals surface area contributed by atoms with Gasteiger partial charge in [-0.25, -0.2) is 29.7 Å². The van der Waals surface area contributed by atoms with Gasteiger partial charge in [-0.15, -0.1) is 0 Å². The fourth-order valence-corrected chi connectivity index (χ4v) is 3.61. The molecule has 0 aliphatic heterocycles. The zero-order valence-electron chi connectivity index (χ0n) is 24.5. The van der Waals surface area contributed by atoms with Crippen molar-refractivity contribution in [3.8, 4) is 0 Å². The lowest BCUT2D eigenvalue weighted by molar-refractivity contribution is 0.564. The summed E-state index contributed by atoms with van der Waals surface area (Å²) in [6.07, 6.45) is 6.13. The highest BCUT2D eigenvalue weighted by atomic mass is 16.1. The SMILES string of the molecule is CC(C)n1ccc(N=[N+]=[N-])nc1=O.CC(C)n1cnc2c(=O)[nH]c(N=[N+]=[N-])nc21.CC(C)n1cnc2c(N=[N+]=[N-])ncnc21. The summed E-state index contributed by atoms with van der Waals surface area (Å²) >= 11 is 0. The van der Waals surface area contributed by atoms with Gasteiger partial charge in [-0.2, -0.15) is 4.98 Å². The van der Waals surface area contributed by atoms with Gasteiger partial charge < -0.3 is 14.1 Å². The van der Waals surface area contributed by atoms with E-state index in [1.807, 2.05) is 46.1 Å². The average molecular weight is 602 g/mol. The minimum atomic E-state index is -0.410. The number of nitrogens with zero attached hydrogens (tertiary/aromatic N) is 18. The summed E-state index contributed by atoms with van der Waals surface area (Å²) in [6, 6.07) is 1.93. The van der Waals surface area contributed by atoms with Gasteiger partial charge in [-0.05, 0) is 79.5 Å². The molecule has 5 aromatic heterocycles. The van der Waals surface area contributed by atoms with E-state index in [1.165, 1.54) is 23.3 Å². The van der Waals surface area contributed by atoms with E-state index >= 15 is 0 Å². The van der Waals surface area contributed by atoms with E-state index in [4.69, 9.17) is 16.6 Å². The summed E-state index contributed by atoms with van der Waals surface area (Å²) in [5.74, 6) is 0.314. The molecule has 1 N–H and O–H groups in total. The van der Waals surface area contributed by atoms with Crippen LogP contribution < -0.4 is 11.2 Å². The Morgan fingerprint density at radius 1 is 0.727 bits per heavy atom. The molecule has 0 aromatic carbocycles. The van der Waals surface area contributed by atoms with Crippen molar-refractivity contribution in [1.82, 2.24) is 48.6 Å². The number of hydrogen-bond donors (Lipinski definition) is 1. The second kappa shape index (κ2) is 14.6. The molecule has 0 spiro atoms. The molecule has 0 radical (unpaired) electrons. The first-order valence-corrected chi connectivity index (χ1v) is 12.9. The maximum atomic E-state index is 11.6. The van der Waals surface area contributed by atoms with Crippen molar-refractivity contribution in [1.29, 1.82) is 0 Å².